The lowest BCUT2D eigenvalue weighted by Gasteiger charge is -2.37. The molecule has 2 aliphatic rings. The van der Waals surface area contributed by atoms with Gasteiger partial charge in [-0.05, 0) is 23.8 Å². The average Bonchev–Trinajstić information content (AvgIpc) is 2.85. The molecule has 3 heteroatoms. The molecule has 0 aromatic heterocycles. The fraction of sp³-hybridized carbons (Fsp3) is 0.550. The van der Waals surface area contributed by atoms with Crippen LogP contribution in [0.4, 0.5) is 0 Å². The van der Waals surface area contributed by atoms with Crippen LogP contribution in [0.1, 0.15) is 39.2 Å². The lowest BCUT2D eigenvalue weighted by molar-refractivity contribution is -0.143. The van der Waals surface area contributed by atoms with E-state index in [2.05, 4.69) is 56.0 Å². The Kier molecular flexibility index (Phi) is 4.33. The molecular weight excluding hydrogens is 286 g/mol. The molecule has 3 unspecified atom stereocenters. The highest BCUT2D eigenvalue weighted by Gasteiger charge is 2.48. The van der Waals surface area contributed by atoms with Gasteiger partial charge in [0.05, 0.1) is 5.92 Å². The standard InChI is InChI=1S/C20H27NO2/c1-20(2,3)18-15-10-7-11-16(19(22)23)17(15)13-21(18)12-14-8-5-4-6-9-14/h4-6,8-10,16-18H,7,11-13H2,1-3H3,(H,22,23). The summed E-state index contributed by atoms with van der Waals surface area (Å²) in [6.45, 7) is 8.55. The normalized spacial score (nSPS) is 28.3. The van der Waals surface area contributed by atoms with Crippen molar-refractivity contribution in [3.05, 3.63) is 47.5 Å². The first kappa shape index (κ1) is 16.3. The number of carbonyl (C=O) groups is 1. The summed E-state index contributed by atoms with van der Waals surface area (Å²) in [5.41, 5.74) is 2.77. The minimum absolute atomic E-state index is 0.107. The van der Waals surface area contributed by atoms with Crippen molar-refractivity contribution in [2.75, 3.05) is 6.54 Å². The summed E-state index contributed by atoms with van der Waals surface area (Å²) in [7, 11) is 0. The Morgan fingerprint density at radius 2 is 1.96 bits per heavy atom. The number of carboxylic acids is 1. The molecular formula is C20H27NO2. The van der Waals surface area contributed by atoms with Gasteiger partial charge in [0.2, 0.25) is 0 Å². The molecule has 0 spiro atoms. The molecule has 23 heavy (non-hydrogen) atoms. The number of allylic oxidation sites excluding steroid dienone is 1. The smallest absolute Gasteiger partial charge is 0.307 e. The van der Waals surface area contributed by atoms with E-state index in [1.165, 1.54) is 11.1 Å². The third-order valence-corrected chi connectivity index (χ3v) is 5.25. The van der Waals surface area contributed by atoms with Crippen LogP contribution in [0.3, 0.4) is 0 Å². The molecule has 1 aliphatic carbocycles. The highest BCUT2D eigenvalue weighted by molar-refractivity contribution is 5.71. The first-order valence-electron chi connectivity index (χ1n) is 8.58. The fourth-order valence-corrected chi connectivity index (χ4v) is 4.45. The van der Waals surface area contributed by atoms with Crippen molar-refractivity contribution >= 4 is 5.97 Å². The van der Waals surface area contributed by atoms with Crippen molar-refractivity contribution in [1.82, 2.24) is 4.90 Å². The summed E-state index contributed by atoms with van der Waals surface area (Å²) >= 11 is 0. The van der Waals surface area contributed by atoms with Crippen molar-refractivity contribution in [3.63, 3.8) is 0 Å². The molecule has 3 nitrogen and oxygen atoms in total. The maximum Gasteiger partial charge on any atom is 0.307 e. The minimum Gasteiger partial charge on any atom is -0.481 e. The number of rotatable bonds is 3. The van der Waals surface area contributed by atoms with E-state index < -0.39 is 5.97 Å². The summed E-state index contributed by atoms with van der Waals surface area (Å²) in [6.07, 6.45) is 4.00. The molecule has 0 bridgehead atoms. The molecule has 1 aliphatic heterocycles. The van der Waals surface area contributed by atoms with E-state index in [1.54, 1.807) is 0 Å². The van der Waals surface area contributed by atoms with Crippen molar-refractivity contribution in [2.24, 2.45) is 17.3 Å². The van der Waals surface area contributed by atoms with E-state index in [0.717, 1.165) is 25.9 Å². The zero-order chi connectivity index (χ0) is 16.6. The maximum atomic E-state index is 11.7. The molecule has 1 N–H and O–H groups in total. The van der Waals surface area contributed by atoms with Crippen molar-refractivity contribution in [3.8, 4) is 0 Å². The van der Waals surface area contributed by atoms with Crippen LogP contribution in [0.5, 0.6) is 0 Å². The molecule has 1 heterocycles. The van der Waals surface area contributed by atoms with Crippen LogP contribution in [0.15, 0.2) is 42.0 Å². The molecule has 1 aromatic rings. The van der Waals surface area contributed by atoms with E-state index in [-0.39, 0.29) is 17.3 Å². The van der Waals surface area contributed by atoms with Gasteiger partial charge in [0.15, 0.2) is 0 Å². The van der Waals surface area contributed by atoms with Gasteiger partial charge < -0.3 is 5.11 Å². The lowest BCUT2D eigenvalue weighted by Crippen LogP contribution is -2.39. The van der Waals surface area contributed by atoms with Crippen LogP contribution < -0.4 is 0 Å². The van der Waals surface area contributed by atoms with Gasteiger partial charge in [0.25, 0.3) is 0 Å². The van der Waals surface area contributed by atoms with Crippen LogP contribution in [-0.4, -0.2) is 28.6 Å². The van der Waals surface area contributed by atoms with Crippen molar-refractivity contribution in [2.45, 2.75) is 46.2 Å². The third kappa shape index (κ3) is 3.20. The van der Waals surface area contributed by atoms with E-state index in [1.807, 2.05) is 6.07 Å². The van der Waals surface area contributed by atoms with E-state index >= 15 is 0 Å². The number of fused-ring (bicyclic) bond motifs is 1. The molecule has 1 aromatic carbocycles. The number of likely N-dealkylation sites (tertiary alicyclic amines) is 1. The number of hydrogen-bond acceptors (Lipinski definition) is 2. The van der Waals surface area contributed by atoms with Crippen molar-refractivity contribution in [1.29, 1.82) is 0 Å². The van der Waals surface area contributed by atoms with Gasteiger partial charge in [0.1, 0.15) is 0 Å². The first-order valence-corrected chi connectivity index (χ1v) is 8.58. The molecule has 3 rings (SSSR count). The zero-order valence-electron chi connectivity index (χ0n) is 14.3. The monoisotopic (exact) mass is 313 g/mol. The SMILES string of the molecule is CC(C)(C)C1C2=CCCC(C(=O)O)C2CN1Cc1ccccc1. The predicted octanol–water partition coefficient (Wildman–Crippen LogP) is 3.95. The number of aliphatic carboxylic acids is 1. The molecule has 0 radical (unpaired) electrons. The number of carboxylic acid groups (broad SMARTS) is 1. The summed E-state index contributed by atoms with van der Waals surface area (Å²) in [4.78, 5) is 14.2. The molecule has 124 valence electrons. The molecule has 1 saturated heterocycles. The van der Waals surface area contributed by atoms with Gasteiger partial charge in [-0.3, -0.25) is 9.69 Å². The quantitative estimate of drug-likeness (QED) is 0.859. The van der Waals surface area contributed by atoms with Crippen LogP contribution in [0, 0.1) is 17.3 Å². The topological polar surface area (TPSA) is 40.5 Å². The Balaban J connectivity index is 1.91. The Bertz CT molecular complexity index is 600. The van der Waals surface area contributed by atoms with Crippen LogP contribution in [-0.2, 0) is 11.3 Å². The van der Waals surface area contributed by atoms with E-state index in [4.69, 9.17) is 0 Å². The summed E-state index contributed by atoms with van der Waals surface area (Å²) in [6, 6.07) is 10.8. The highest BCUT2D eigenvalue weighted by atomic mass is 16.4. The second-order valence-corrected chi connectivity index (χ2v) is 8.02. The predicted molar refractivity (Wildman–Crippen MR) is 92.0 cm³/mol. The number of nitrogens with zero attached hydrogens (tertiary/aromatic N) is 1. The van der Waals surface area contributed by atoms with E-state index in [0.29, 0.717) is 6.04 Å². The van der Waals surface area contributed by atoms with Crippen molar-refractivity contribution < 1.29 is 9.90 Å². The van der Waals surface area contributed by atoms with E-state index in [9.17, 15) is 9.90 Å². The Hall–Kier alpha value is -1.61. The number of hydrogen-bond donors (Lipinski definition) is 1. The average molecular weight is 313 g/mol. The summed E-state index contributed by atoms with van der Waals surface area (Å²) in [5, 5.41) is 9.60. The maximum absolute atomic E-state index is 11.7. The Morgan fingerprint density at radius 3 is 2.57 bits per heavy atom. The van der Waals surface area contributed by atoms with Crippen LogP contribution in [0.2, 0.25) is 0 Å². The van der Waals surface area contributed by atoms with Gasteiger partial charge in [0, 0.05) is 25.0 Å². The molecule has 0 amide bonds. The minimum atomic E-state index is -0.630. The number of benzene rings is 1. The van der Waals surface area contributed by atoms with Crippen LogP contribution >= 0.6 is 0 Å². The first-order chi connectivity index (χ1) is 10.9. The Morgan fingerprint density at radius 1 is 1.26 bits per heavy atom. The summed E-state index contributed by atoms with van der Waals surface area (Å²) in [5.74, 6) is -0.676. The van der Waals surface area contributed by atoms with Gasteiger partial charge in [-0.15, -0.1) is 0 Å². The molecule has 1 fully saturated rings. The largest absolute Gasteiger partial charge is 0.481 e. The Labute approximate surface area is 139 Å². The van der Waals surface area contributed by atoms with Gasteiger partial charge in [-0.25, -0.2) is 0 Å². The summed E-state index contributed by atoms with van der Waals surface area (Å²) < 4.78 is 0. The lowest BCUT2D eigenvalue weighted by atomic mass is 9.73. The fourth-order valence-electron chi connectivity index (χ4n) is 4.45. The highest BCUT2D eigenvalue weighted by Crippen LogP contribution is 2.46. The van der Waals surface area contributed by atoms with Crippen LogP contribution in [0.25, 0.3) is 0 Å². The van der Waals surface area contributed by atoms with Gasteiger partial charge >= 0.3 is 5.97 Å². The second-order valence-electron chi connectivity index (χ2n) is 8.02. The zero-order valence-corrected chi connectivity index (χ0v) is 14.3. The van der Waals surface area contributed by atoms with Gasteiger partial charge in [-0.2, -0.15) is 0 Å². The van der Waals surface area contributed by atoms with Gasteiger partial charge in [-0.1, -0.05) is 62.8 Å². The second kappa shape index (κ2) is 6.12. The third-order valence-electron chi connectivity index (χ3n) is 5.25. The molecule has 3 atom stereocenters. The molecule has 0 saturated carbocycles.